The molecular formula is C52H45NO4P2. The maximum Gasteiger partial charge on any atom is 0.297 e. The smallest absolute Gasteiger partial charge is 0.297 e. The van der Waals surface area contributed by atoms with Crippen molar-refractivity contribution in [3.63, 3.8) is 0 Å². The predicted molar refractivity (Wildman–Crippen MR) is 241 cm³/mol. The molecule has 2 aliphatic heterocycles. The van der Waals surface area contributed by atoms with Gasteiger partial charge in [-0.15, -0.1) is 0 Å². The Hall–Kier alpha value is -5.22. The molecule has 10 rings (SSSR count). The van der Waals surface area contributed by atoms with Crippen LogP contribution < -0.4 is 16.0 Å². The van der Waals surface area contributed by atoms with Gasteiger partial charge in [0.05, 0.1) is 11.0 Å². The fourth-order valence-corrected chi connectivity index (χ4v) is 14.0. The summed E-state index contributed by atoms with van der Waals surface area (Å²) in [7, 11) is -3.18. The van der Waals surface area contributed by atoms with Crippen LogP contribution in [-0.2, 0) is 29.7 Å². The van der Waals surface area contributed by atoms with Gasteiger partial charge in [-0.25, -0.2) is 0 Å². The Morgan fingerprint density at radius 3 is 1.19 bits per heavy atom. The third kappa shape index (κ3) is 6.40. The molecule has 2 saturated heterocycles. The van der Waals surface area contributed by atoms with Gasteiger partial charge in [-0.3, -0.25) is 13.4 Å². The number of aryl methyl sites for hydroxylation is 1. The molecule has 0 aliphatic carbocycles. The van der Waals surface area contributed by atoms with Crippen molar-refractivity contribution in [3.05, 3.63) is 234 Å². The molecule has 5 nitrogen and oxygen atoms in total. The van der Waals surface area contributed by atoms with Crippen LogP contribution in [0.4, 0.5) is 0 Å². The van der Waals surface area contributed by atoms with Crippen molar-refractivity contribution in [2.24, 2.45) is 0 Å². The van der Waals surface area contributed by atoms with Crippen molar-refractivity contribution in [1.82, 2.24) is 4.34 Å². The molecule has 0 amide bonds. The van der Waals surface area contributed by atoms with Crippen molar-refractivity contribution in [3.8, 4) is 0 Å². The topological polar surface area (TPSA) is 41.9 Å². The second-order valence-corrected chi connectivity index (χ2v) is 19.0. The molecule has 2 aliphatic rings. The van der Waals surface area contributed by atoms with Crippen molar-refractivity contribution in [1.29, 1.82) is 0 Å². The molecule has 2 fully saturated rings. The molecule has 8 aromatic rings. The van der Waals surface area contributed by atoms with Crippen LogP contribution in [0.1, 0.15) is 41.7 Å². The average Bonchev–Trinajstić information content (AvgIpc) is 3.74. The first-order valence-electron chi connectivity index (χ1n) is 20.2. The first-order chi connectivity index (χ1) is 28.9. The van der Waals surface area contributed by atoms with Crippen LogP contribution in [0.5, 0.6) is 0 Å². The van der Waals surface area contributed by atoms with E-state index in [2.05, 4.69) is 218 Å². The van der Waals surface area contributed by atoms with Crippen molar-refractivity contribution < 1.29 is 18.5 Å². The van der Waals surface area contributed by atoms with Crippen LogP contribution in [0.15, 0.2) is 206 Å². The molecule has 2 atom stereocenters. The standard InChI is InChI=1S/C52H45NO4P2/c1-38-45-36-22-23-37-46(45)53(49(38)58(43-32-18-8-19-33-43)44-34-20-9-21-35-44)59-56-51(39-24-10-4-11-25-39,40-26-12-5-13-27-40)47-48(55-50(2,3)54-47)52(57-59,41-28-14-6-15-29-41)42-30-16-7-17-31-42/h4-37,47-48H,1-3H3/t47-,48-/m1/s1. The molecule has 59 heavy (non-hydrogen) atoms. The van der Waals surface area contributed by atoms with E-state index < -0.39 is 45.6 Å². The third-order valence-corrected chi connectivity index (χ3v) is 16.0. The van der Waals surface area contributed by atoms with E-state index in [9.17, 15) is 0 Å². The summed E-state index contributed by atoms with van der Waals surface area (Å²) in [5.74, 6) is -0.984. The zero-order valence-corrected chi connectivity index (χ0v) is 35.0. The summed E-state index contributed by atoms with van der Waals surface area (Å²) in [5.41, 5.74) is 4.85. The van der Waals surface area contributed by atoms with Crippen molar-refractivity contribution >= 4 is 43.4 Å². The summed E-state index contributed by atoms with van der Waals surface area (Å²) in [5, 5.41) is 3.64. The number of ether oxygens (including phenoxy) is 2. The van der Waals surface area contributed by atoms with E-state index in [0.29, 0.717) is 0 Å². The van der Waals surface area contributed by atoms with Gasteiger partial charge < -0.3 is 9.47 Å². The van der Waals surface area contributed by atoms with E-state index in [1.165, 1.54) is 21.6 Å². The fourth-order valence-electron chi connectivity index (χ4n) is 9.09. The summed E-state index contributed by atoms with van der Waals surface area (Å²) in [6, 6.07) is 72.6. The highest BCUT2D eigenvalue weighted by atomic mass is 31.2. The van der Waals surface area contributed by atoms with E-state index in [1.807, 2.05) is 13.8 Å². The van der Waals surface area contributed by atoms with E-state index >= 15 is 0 Å². The Morgan fingerprint density at radius 1 is 0.458 bits per heavy atom. The van der Waals surface area contributed by atoms with Crippen molar-refractivity contribution in [2.75, 3.05) is 0 Å². The average molecular weight is 810 g/mol. The second-order valence-electron chi connectivity index (χ2n) is 15.6. The quantitative estimate of drug-likeness (QED) is 0.143. The van der Waals surface area contributed by atoms with Gasteiger partial charge in [0.15, 0.2) is 17.0 Å². The van der Waals surface area contributed by atoms with E-state index in [4.69, 9.17) is 18.5 Å². The Bertz CT molecular complexity index is 2450. The molecule has 7 heteroatoms. The molecule has 0 radical (unpaired) electrons. The molecule has 7 aromatic carbocycles. The zero-order valence-electron chi connectivity index (χ0n) is 33.3. The number of hydrogen-bond donors (Lipinski definition) is 0. The summed E-state index contributed by atoms with van der Waals surface area (Å²) in [6.45, 7) is 6.26. The minimum atomic E-state index is -2.06. The molecule has 0 saturated carbocycles. The van der Waals surface area contributed by atoms with Crippen LogP contribution in [0.3, 0.4) is 0 Å². The van der Waals surface area contributed by atoms with Crippen molar-refractivity contribution in [2.45, 2.75) is 50.0 Å². The van der Waals surface area contributed by atoms with Crippen LogP contribution >= 0.6 is 16.4 Å². The zero-order chi connectivity index (χ0) is 40.0. The highest BCUT2D eigenvalue weighted by Crippen LogP contribution is 2.66. The molecule has 0 spiro atoms. The van der Waals surface area contributed by atoms with Gasteiger partial charge in [0.1, 0.15) is 12.2 Å². The molecule has 292 valence electrons. The van der Waals surface area contributed by atoms with Crippen LogP contribution in [0.2, 0.25) is 0 Å². The van der Waals surface area contributed by atoms with Gasteiger partial charge in [-0.2, -0.15) is 0 Å². The Kier molecular flexibility index (Phi) is 9.94. The second kappa shape index (κ2) is 15.4. The lowest BCUT2D eigenvalue weighted by molar-refractivity contribution is -0.174. The summed E-state index contributed by atoms with van der Waals surface area (Å²) < 4.78 is 33.4. The Balaban J connectivity index is 1.36. The highest BCUT2D eigenvalue weighted by molar-refractivity contribution is 7.80. The lowest BCUT2D eigenvalue weighted by atomic mass is 9.72. The van der Waals surface area contributed by atoms with E-state index in [-0.39, 0.29) is 0 Å². The molecule has 0 bridgehead atoms. The Morgan fingerprint density at radius 2 is 0.797 bits per heavy atom. The Labute approximate surface area is 348 Å². The molecule has 0 unspecified atom stereocenters. The SMILES string of the molecule is Cc1c(P(c2ccccc2)c2ccccc2)n(P2OC(c3ccccc3)(c3ccccc3)[C@@H]3OC(C)(C)O[C@H]3C(c3ccccc3)(c3ccccc3)O2)c2ccccc12. The summed E-state index contributed by atoms with van der Waals surface area (Å²) in [6.07, 6.45) is -1.35. The lowest BCUT2D eigenvalue weighted by Gasteiger charge is -2.41. The number of aromatic nitrogens is 1. The van der Waals surface area contributed by atoms with E-state index in [0.717, 1.165) is 33.2 Å². The summed E-state index contributed by atoms with van der Waals surface area (Å²) >= 11 is 0. The number of benzene rings is 7. The molecular weight excluding hydrogens is 765 g/mol. The number of hydrogen-bond acceptors (Lipinski definition) is 4. The van der Waals surface area contributed by atoms with Gasteiger partial charge in [0.25, 0.3) is 8.53 Å². The summed E-state index contributed by atoms with van der Waals surface area (Å²) in [4.78, 5) is 0. The number of nitrogens with zero attached hydrogens (tertiary/aromatic N) is 1. The normalized spacial score (nSPS) is 19.7. The van der Waals surface area contributed by atoms with Crippen LogP contribution in [0, 0.1) is 6.92 Å². The van der Waals surface area contributed by atoms with Gasteiger partial charge >= 0.3 is 0 Å². The minimum absolute atomic E-state index is 0.675. The predicted octanol–water partition coefficient (Wildman–Crippen LogP) is 11.2. The molecule has 1 aromatic heterocycles. The first kappa shape index (κ1) is 38.0. The number of rotatable bonds is 8. The highest BCUT2D eigenvalue weighted by Gasteiger charge is 2.67. The molecule has 0 N–H and O–H groups in total. The monoisotopic (exact) mass is 809 g/mol. The largest absolute Gasteiger partial charge is 0.341 e. The third-order valence-electron chi connectivity index (χ3n) is 11.6. The van der Waals surface area contributed by atoms with Gasteiger partial charge in [0, 0.05) is 13.3 Å². The maximum absolute atomic E-state index is 8.16. The lowest BCUT2D eigenvalue weighted by Crippen LogP contribution is -2.53. The number of para-hydroxylation sites is 1. The van der Waals surface area contributed by atoms with Crippen LogP contribution in [-0.4, -0.2) is 22.3 Å². The fraction of sp³-hybridized carbons (Fsp3) is 0.154. The number of fused-ring (bicyclic) bond motifs is 2. The van der Waals surface area contributed by atoms with E-state index in [1.54, 1.807) is 0 Å². The maximum atomic E-state index is 8.16. The van der Waals surface area contributed by atoms with Gasteiger partial charge in [-0.05, 0) is 65.3 Å². The van der Waals surface area contributed by atoms with Crippen LogP contribution in [0.25, 0.3) is 10.9 Å². The van der Waals surface area contributed by atoms with Gasteiger partial charge in [-0.1, -0.05) is 200 Å². The first-order valence-corrected chi connectivity index (χ1v) is 22.6. The molecule has 3 heterocycles. The minimum Gasteiger partial charge on any atom is -0.341 e. The van der Waals surface area contributed by atoms with Gasteiger partial charge in [0.2, 0.25) is 0 Å².